The van der Waals surface area contributed by atoms with E-state index in [1.165, 1.54) is 0 Å². The van der Waals surface area contributed by atoms with Crippen LogP contribution in [0.4, 0.5) is 0 Å². The predicted molar refractivity (Wildman–Crippen MR) is 27.1 cm³/mol. The highest BCUT2D eigenvalue weighted by Crippen LogP contribution is 1.99. The van der Waals surface area contributed by atoms with Crippen LogP contribution in [0.15, 0.2) is 0 Å². The summed E-state index contributed by atoms with van der Waals surface area (Å²) in [5, 5.41) is 0. The summed E-state index contributed by atoms with van der Waals surface area (Å²) in [6.07, 6.45) is 0. The van der Waals surface area contributed by atoms with Crippen LogP contribution in [-0.2, 0) is 10.1 Å². The first kappa shape index (κ1) is 6.46. The molecule has 0 fully saturated rings. The Kier molecular flexibility index (Phi) is 3.92. The van der Waals surface area contributed by atoms with Crippen molar-refractivity contribution in [2.45, 2.75) is 6.92 Å². The average Bonchev–Trinajstić information content (AvgIpc) is 1.35. The molecule has 0 bridgehead atoms. The van der Waals surface area contributed by atoms with Gasteiger partial charge in [-0.3, -0.25) is 4.21 Å². The first-order valence-electron chi connectivity index (χ1n) is 1.50. The lowest BCUT2D eigenvalue weighted by Crippen LogP contribution is -1.76. The molecular weight excluding hydrogens is 120 g/mol. The standard InChI is InChI=1S/C2H6O2S2/c1-2-5-6(3)4/h2H2,1H3,(H,3,4)/p-1. The topological polar surface area (TPSA) is 40.1 Å². The van der Waals surface area contributed by atoms with Crippen LogP contribution in [0.2, 0.25) is 0 Å². The molecule has 1 unspecified atom stereocenters. The quantitative estimate of drug-likeness (QED) is 0.399. The smallest absolute Gasteiger partial charge is 0.00684 e. The zero-order valence-electron chi connectivity index (χ0n) is 3.34. The van der Waals surface area contributed by atoms with Crippen molar-refractivity contribution in [3.8, 4) is 0 Å². The number of hydrogen-bond donors (Lipinski definition) is 0. The Morgan fingerprint density at radius 1 is 2.00 bits per heavy atom. The molecule has 0 aromatic rings. The fraction of sp³-hybridized carbons (Fsp3) is 1.00. The van der Waals surface area contributed by atoms with Crippen molar-refractivity contribution in [1.29, 1.82) is 0 Å². The Bertz CT molecular complexity index is 53.5. The molecule has 0 aromatic carbocycles. The van der Waals surface area contributed by atoms with E-state index in [1.54, 1.807) is 6.92 Å². The van der Waals surface area contributed by atoms with Gasteiger partial charge in [-0.2, -0.15) is 0 Å². The molecule has 0 N–H and O–H groups in total. The van der Waals surface area contributed by atoms with E-state index >= 15 is 0 Å². The molecule has 0 aliphatic rings. The Morgan fingerprint density at radius 2 is 2.50 bits per heavy atom. The van der Waals surface area contributed by atoms with E-state index in [-0.39, 0.29) is 0 Å². The van der Waals surface area contributed by atoms with E-state index in [0.29, 0.717) is 5.75 Å². The lowest BCUT2D eigenvalue weighted by Gasteiger charge is -1.96. The molecular formula is C2H5O2S2-. The molecule has 0 heterocycles. The summed E-state index contributed by atoms with van der Waals surface area (Å²) in [5.74, 6) is 0.635. The first-order chi connectivity index (χ1) is 2.77. The van der Waals surface area contributed by atoms with Crippen LogP contribution in [0, 0.1) is 0 Å². The Hall–Kier alpha value is 0.460. The van der Waals surface area contributed by atoms with E-state index in [9.17, 15) is 8.76 Å². The molecule has 0 aliphatic heterocycles. The van der Waals surface area contributed by atoms with Crippen LogP contribution >= 0.6 is 10.8 Å². The minimum Gasteiger partial charge on any atom is -0.764 e. The summed E-state index contributed by atoms with van der Waals surface area (Å²) in [6.45, 7) is 1.79. The largest absolute Gasteiger partial charge is 0.764 e. The second-order valence-corrected chi connectivity index (χ2v) is 3.36. The molecule has 0 saturated carbocycles. The molecule has 0 rings (SSSR count). The molecule has 0 saturated heterocycles. The SMILES string of the molecule is CCSS(=O)[O-]. The molecule has 1 atom stereocenters. The zero-order valence-corrected chi connectivity index (χ0v) is 4.97. The Balaban J connectivity index is 2.83. The molecule has 6 heavy (non-hydrogen) atoms. The van der Waals surface area contributed by atoms with E-state index in [1.807, 2.05) is 0 Å². The van der Waals surface area contributed by atoms with E-state index in [4.69, 9.17) is 0 Å². The highest BCUT2D eigenvalue weighted by Gasteiger charge is 1.73. The predicted octanol–water partition coefficient (Wildman–Crippen LogP) is 0.534. The third-order valence-corrected chi connectivity index (χ3v) is 1.93. The summed E-state index contributed by atoms with van der Waals surface area (Å²) >= 11 is 0. The second-order valence-electron chi connectivity index (χ2n) is 0.611. The lowest BCUT2D eigenvalue weighted by atomic mass is 11.0. The summed E-state index contributed by atoms with van der Waals surface area (Å²) < 4.78 is 19.1. The maximum atomic E-state index is 9.56. The summed E-state index contributed by atoms with van der Waals surface area (Å²) in [7, 11) is -0.996. The fourth-order valence-electron chi connectivity index (χ4n) is 0.0962. The normalized spacial score (nSPS) is 14.3. The van der Waals surface area contributed by atoms with Crippen LogP contribution in [0.3, 0.4) is 0 Å². The molecule has 0 amide bonds. The third kappa shape index (κ3) is 4.46. The second kappa shape index (κ2) is 3.64. The van der Waals surface area contributed by atoms with E-state index in [2.05, 4.69) is 0 Å². The maximum absolute atomic E-state index is 9.56. The summed E-state index contributed by atoms with van der Waals surface area (Å²) in [5.41, 5.74) is 0. The van der Waals surface area contributed by atoms with Gasteiger partial charge in [-0.15, -0.1) is 0 Å². The van der Waals surface area contributed by atoms with Crippen molar-refractivity contribution in [2.75, 3.05) is 5.75 Å². The summed E-state index contributed by atoms with van der Waals surface area (Å²) in [6, 6.07) is 0. The molecule has 38 valence electrons. The van der Waals surface area contributed by atoms with Crippen molar-refractivity contribution >= 4 is 20.9 Å². The minimum absolute atomic E-state index is 0.635. The van der Waals surface area contributed by atoms with Gasteiger partial charge in [0.05, 0.1) is 0 Å². The zero-order chi connectivity index (χ0) is 4.99. The highest BCUT2D eigenvalue weighted by atomic mass is 33.1. The van der Waals surface area contributed by atoms with Gasteiger partial charge < -0.3 is 4.55 Å². The van der Waals surface area contributed by atoms with Gasteiger partial charge in [-0.05, 0) is 0 Å². The third-order valence-electron chi connectivity index (χ3n) is 0.214. The van der Waals surface area contributed by atoms with Gasteiger partial charge in [0.15, 0.2) is 0 Å². The number of rotatable bonds is 2. The van der Waals surface area contributed by atoms with Crippen LogP contribution in [0.5, 0.6) is 0 Å². The molecule has 0 aromatic heterocycles. The maximum Gasteiger partial charge on any atom is 0.00684 e. The minimum atomic E-state index is -1.90. The van der Waals surface area contributed by atoms with Gasteiger partial charge in [0.1, 0.15) is 0 Å². The van der Waals surface area contributed by atoms with Crippen LogP contribution in [-0.4, -0.2) is 14.5 Å². The van der Waals surface area contributed by atoms with Crippen LogP contribution < -0.4 is 0 Å². The molecule has 2 nitrogen and oxygen atoms in total. The average molecular weight is 125 g/mol. The van der Waals surface area contributed by atoms with E-state index in [0.717, 1.165) is 10.8 Å². The Labute approximate surface area is 43.0 Å². The fourth-order valence-corrected chi connectivity index (χ4v) is 0.866. The summed E-state index contributed by atoms with van der Waals surface area (Å²) in [4.78, 5) is 0. The monoisotopic (exact) mass is 125 g/mol. The van der Waals surface area contributed by atoms with Crippen molar-refractivity contribution in [1.82, 2.24) is 0 Å². The molecule has 4 heteroatoms. The molecule has 0 aliphatic carbocycles. The van der Waals surface area contributed by atoms with Crippen LogP contribution in [0.25, 0.3) is 0 Å². The van der Waals surface area contributed by atoms with Gasteiger partial charge in [0, 0.05) is 15.9 Å². The first-order valence-corrected chi connectivity index (χ1v) is 4.07. The van der Waals surface area contributed by atoms with E-state index < -0.39 is 10.1 Å². The van der Waals surface area contributed by atoms with Crippen molar-refractivity contribution < 1.29 is 8.76 Å². The van der Waals surface area contributed by atoms with Gasteiger partial charge in [0.2, 0.25) is 0 Å². The van der Waals surface area contributed by atoms with Gasteiger partial charge in [0.25, 0.3) is 0 Å². The van der Waals surface area contributed by atoms with Crippen molar-refractivity contribution in [2.24, 2.45) is 0 Å². The Morgan fingerprint density at radius 3 is 2.50 bits per heavy atom. The highest BCUT2D eigenvalue weighted by molar-refractivity contribution is 8.67. The lowest BCUT2D eigenvalue weighted by molar-refractivity contribution is 0.553. The van der Waals surface area contributed by atoms with Gasteiger partial charge in [-0.25, -0.2) is 0 Å². The number of hydrogen-bond acceptors (Lipinski definition) is 3. The molecule has 0 spiro atoms. The van der Waals surface area contributed by atoms with Gasteiger partial charge in [-0.1, -0.05) is 17.7 Å². The van der Waals surface area contributed by atoms with Crippen molar-refractivity contribution in [3.63, 3.8) is 0 Å². The van der Waals surface area contributed by atoms with Crippen molar-refractivity contribution in [3.05, 3.63) is 0 Å². The van der Waals surface area contributed by atoms with Gasteiger partial charge >= 0.3 is 0 Å². The molecule has 0 radical (unpaired) electrons. The van der Waals surface area contributed by atoms with Crippen LogP contribution in [0.1, 0.15) is 6.92 Å².